The predicted octanol–water partition coefficient (Wildman–Crippen LogP) is 15.6. The van der Waals surface area contributed by atoms with Crippen molar-refractivity contribution < 1.29 is 0 Å². The monoisotopic (exact) mass is 780 g/mol. The lowest BCUT2D eigenvalue weighted by molar-refractivity contribution is 0.588. The molecule has 0 N–H and O–H groups in total. The Morgan fingerprint density at radius 3 is 1.80 bits per heavy atom. The van der Waals surface area contributed by atoms with Crippen LogP contribution < -0.4 is 0 Å². The number of benzene rings is 8. The minimum Gasteiger partial charge on any atom is -0.117 e. The summed E-state index contributed by atoms with van der Waals surface area (Å²) in [5.74, 6) is 0. The Morgan fingerprint density at radius 1 is 0.508 bits per heavy atom. The average molecular weight is 781 g/mol. The molecule has 0 radical (unpaired) electrons. The normalized spacial score (nSPS) is 17.1. The summed E-state index contributed by atoms with van der Waals surface area (Å²) in [5, 5.41) is 5.70. The second-order valence-electron chi connectivity index (χ2n) is 20.0. The van der Waals surface area contributed by atoms with Crippen LogP contribution in [0.3, 0.4) is 0 Å². The molecule has 0 spiro atoms. The molecule has 0 fully saturated rings. The fraction of sp³-hybridized carbons (Fsp3) is 0.241. The number of thioether (sulfide) groups is 1. The summed E-state index contributed by atoms with van der Waals surface area (Å²) < 4.78 is 0. The Labute approximate surface area is 354 Å². The summed E-state index contributed by atoms with van der Waals surface area (Å²) >= 11 is 2.05. The predicted molar refractivity (Wildman–Crippen MR) is 252 cm³/mol. The van der Waals surface area contributed by atoms with Gasteiger partial charge < -0.3 is 0 Å². The van der Waals surface area contributed by atoms with Crippen LogP contribution in [0.1, 0.15) is 116 Å². The highest BCUT2D eigenvalue weighted by Crippen LogP contribution is 2.63. The van der Waals surface area contributed by atoms with E-state index in [0.717, 1.165) is 6.42 Å². The van der Waals surface area contributed by atoms with E-state index < -0.39 is 5.41 Å². The molecule has 0 amide bonds. The van der Waals surface area contributed by atoms with Crippen LogP contribution in [0.15, 0.2) is 157 Å². The molecule has 1 aliphatic heterocycles. The molecule has 11 rings (SSSR count). The van der Waals surface area contributed by atoms with Crippen LogP contribution in [0.25, 0.3) is 43.8 Å². The summed E-state index contributed by atoms with van der Waals surface area (Å²) in [4.78, 5) is 1.41. The highest BCUT2D eigenvalue weighted by molar-refractivity contribution is 7.99. The molecule has 1 heteroatoms. The van der Waals surface area contributed by atoms with Crippen molar-refractivity contribution in [1.29, 1.82) is 0 Å². The Kier molecular flexibility index (Phi) is 7.82. The lowest BCUT2D eigenvalue weighted by atomic mass is 9.66. The lowest BCUT2D eigenvalue weighted by Gasteiger charge is -2.36. The first kappa shape index (κ1) is 36.7. The van der Waals surface area contributed by atoms with Crippen LogP contribution in [0.4, 0.5) is 0 Å². The number of fused-ring (bicyclic) bond motifs is 11. The maximum atomic E-state index is 2.68. The summed E-state index contributed by atoms with van der Waals surface area (Å²) in [6, 6.07) is 59.6. The molecule has 0 bridgehead atoms. The van der Waals surface area contributed by atoms with Gasteiger partial charge in [-0.25, -0.2) is 0 Å². The first-order valence-electron chi connectivity index (χ1n) is 21.5. The van der Waals surface area contributed by atoms with Crippen molar-refractivity contribution in [3.63, 3.8) is 0 Å². The fourth-order valence-corrected chi connectivity index (χ4v) is 12.4. The van der Waals surface area contributed by atoms with Crippen LogP contribution >= 0.6 is 11.8 Å². The van der Waals surface area contributed by atoms with Gasteiger partial charge in [-0.2, -0.15) is 0 Å². The van der Waals surface area contributed by atoms with Crippen molar-refractivity contribution in [2.45, 2.75) is 93.6 Å². The molecule has 1 atom stereocenters. The molecule has 0 saturated heterocycles. The molecular weight excluding hydrogens is 729 g/mol. The molecule has 0 saturated carbocycles. The molecule has 3 aliphatic rings. The van der Waals surface area contributed by atoms with Gasteiger partial charge in [-0.3, -0.25) is 0 Å². The van der Waals surface area contributed by atoms with E-state index in [1.807, 2.05) is 11.8 Å². The van der Waals surface area contributed by atoms with Crippen molar-refractivity contribution in [2.24, 2.45) is 0 Å². The van der Waals surface area contributed by atoms with Crippen molar-refractivity contribution in [2.75, 3.05) is 0 Å². The third-order valence-corrected chi connectivity index (χ3v) is 15.6. The van der Waals surface area contributed by atoms with Gasteiger partial charge in [-0.1, -0.05) is 189 Å². The van der Waals surface area contributed by atoms with Crippen LogP contribution in [0.2, 0.25) is 0 Å². The Balaban J connectivity index is 1.33. The highest BCUT2D eigenvalue weighted by Gasteiger charge is 2.50. The molecule has 290 valence electrons. The largest absolute Gasteiger partial charge is 0.117 e. The summed E-state index contributed by atoms with van der Waals surface area (Å²) in [7, 11) is 0. The Bertz CT molecular complexity index is 2930. The van der Waals surface area contributed by atoms with Gasteiger partial charge in [0.05, 0.1) is 5.41 Å². The zero-order chi connectivity index (χ0) is 40.6. The lowest BCUT2D eigenvalue weighted by Crippen LogP contribution is -2.29. The van der Waals surface area contributed by atoms with E-state index in [1.165, 1.54) is 104 Å². The fourth-order valence-electron chi connectivity index (χ4n) is 11.1. The van der Waals surface area contributed by atoms with Gasteiger partial charge in [-0.05, 0) is 135 Å². The minimum atomic E-state index is -0.565. The molecule has 8 aromatic rings. The molecule has 59 heavy (non-hydrogen) atoms. The van der Waals surface area contributed by atoms with Gasteiger partial charge in [-0.15, -0.1) is 11.8 Å². The number of hydrogen-bond acceptors (Lipinski definition) is 1. The van der Waals surface area contributed by atoms with Crippen LogP contribution in [0.5, 0.6) is 0 Å². The Morgan fingerprint density at radius 2 is 1.12 bits per heavy atom. The van der Waals surface area contributed by atoms with Crippen molar-refractivity contribution in [3.05, 3.63) is 207 Å². The highest BCUT2D eigenvalue weighted by atomic mass is 32.2. The third kappa shape index (κ3) is 5.23. The van der Waals surface area contributed by atoms with Crippen LogP contribution in [-0.2, 0) is 28.1 Å². The van der Waals surface area contributed by atoms with Gasteiger partial charge in [0.1, 0.15) is 0 Å². The second-order valence-corrected chi connectivity index (χ2v) is 21.3. The van der Waals surface area contributed by atoms with E-state index in [1.54, 1.807) is 0 Å². The van der Waals surface area contributed by atoms with E-state index >= 15 is 0 Å². The average Bonchev–Trinajstić information content (AvgIpc) is 3.86. The smallest absolute Gasteiger partial charge is 0.0714 e. The molecule has 0 aromatic heterocycles. The Hall–Kier alpha value is -5.37. The van der Waals surface area contributed by atoms with Crippen molar-refractivity contribution in [1.82, 2.24) is 0 Å². The van der Waals surface area contributed by atoms with Gasteiger partial charge in [0.25, 0.3) is 0 Å². The zero-order valence-electron chi connectivity index (χ0n) is 35.6. The second kappa shape index (κ2) is 12.6. The molecule has 2 aliphatic carbocycles. The van der Waals surface area contributed by atoms with Crippen molar-refractivity contribution in [3.8, 4) is 22.3 Å². The molecule has 1 heterocycles. The molecule has 1 unspecified atom stereocenters. The molecular formula is C58H52S. The van der Waals surface area contributed by atoms with Crippen LogP contribution in [0, 0.1) is 0 Å². The number of rotatable bonds is 3. The van der Waals surface area contributed by atoms with Gasteiger partial charge in [0, 0.05) is 15.6 Å². The van der Waals surface area contributed by atoms with Gasteiger partial charge in [0.2, 0.25) is 0 Å². The third-order valence-electron chi connectivity index (χ3n) is 14.2. The van der Waals surface area contributed by atoms with Crippen LogP contribution in [-0.4, -0.2) is 0 Å². The maximum Gasteiger partial charge on any atom is 0.0714 e. The first-order valence-corrected chi connectivity index (χ1v) is 22.4. The maximum absolute atomic E-state index is 2.68. The topological polar surface area (TPSA) is 0 Å². The molecule has 0 nitrogen and oxygen atoms in total. The minimum absolute atomic E-state index is 0.0403. The summed E-state index contributed by atoms with van der Waals surface area (Å²) in [6.45, 7) is 18.8. The number of hydrogen-bond donors (Lipinski definition) is 0. The first-order chi connectivity index (χ1) is 28.3. The molecule has 8 aromatic carbocycles. The van der Waals surface area contributed by atoms with Gasteiger partial charge >= 0.3 is 0 Å². The van der Waals surface area contributed by atoms with Gasteiger partial charge in [0.15, 0.2) is 0 Å². The van der Waals surface area contributed by atoms with E-state index in [-0.39, 0.29) is 16.2 Å². The summed E-state index contributed by atoms with van der Waals surface area (Å²) in [6.07, 6.45) is 1.03. The zero-order valence-corrected chi connectivity index (χ0v) is 36.4. The van der Waals surface area contributed by atoms with Crippen molar-refractivity contribution >= 4 is 33.3 Å². The van der Waals surface area contributed by atoms with E-state index in [0.29, 0.717) is 5.25 Å². The quantitative estimate of drug-likeness (QED) is 0.161. The van der Waals surface area contributed by atoms with E-state index in [9.17, 15) is 0 Å². The van der Waals surface area contributed by atoms with E-state index in [4.69, 9.17) is 0 Å². The SMILES string of the molecule is CC(C)(C)c1ccc(C2(c3ccc(C(C)(C)C)cc3)c3cc4c(cc3-c3c2cc(C2Cc5ccccc5S2)c2ccc5ccccc5c32)C(C)(C)c2ccccc2-4)cc1. The van der Waals surface area contributed by atoms with E-state index in [2.05, 4.69) is 207 Å². The summed E-state index contributed by atoms with van der Waals surface area (Å²) in [5.41, 5.74) is 18.8. The standard InChI is InChI=1S/C58H52S/c1-55(2,3)37-22-26-39(27-23-37)58(40-28-24-38(25-29-40)56(4,5)6)49-32-44-42-18-12-13-19-47(42)57(7,8)48(44)34-46(49)54-50(58)33-45(52-31-36-16-10-14-20-51(36)59-52)43-30-21-35-15-9-11-17-41(35)53(43)54/h9-30,32-34,52H,31H2,1-8H3.